The molecule has 26 heavy (non-hydrogen) atoms. The second-order valence-electron chi connectivity index (χ2n) is 6.07. The number of morpholine rings is 1. The van der Waals surface area contributed by atoms with E-state index in [1.54, 1.807) is 0 Å². The first kappa shape index (κ1) is 18.7. The molecule has 6 heteroatoms. The van der Waals surface area contributed by atoms with Crippen LogP contribution in [0.15, 0.2) is 66.9 Å². The molecule has 0 bridgehead atoms. The van der Waals surface area contributed by atoms with E-state index in [9.17, 15) is 0 Å². The van der Waals surface area contributed by atoms with Crippen LogP contribution in [-0.2, 0) is 11.3 Å². The lowest BCUT2D eigenvalue weighted by Gasteiger charge is -2.25. The molecule has 5 nitrogen and oxygen atoms in total. The van der Waals surface area contributed by atoms with Crippen LogP contribution >= 0.6 is 0 Å². The van der Waals surface area contributed by atoms with E-state index in [-0.39, 0.29) is 24.0 Å². The molecule has 1 fully saturated rings. The summed E-state index contributed by atoms with van der Waals surface area (Å²) in [5.74, 6) is 0.764. The third-order valence-electron chi connectivity index (χ3n) is 4.26. The first-order valence-corrected chi connectivity index (χ1v) is 8.59. The molecule has 0 spiro atoms. The van der Waals surface area contributed by atoms with Gasteiger partial charge in [-0.15, -0.1) is 0 Å². The van der Waals surface area contributed by atoms with Crippen LogP contribution in [0.3, 0.4) is 0 Å². The minimum atomic E-state index is 0. The Kier molecular flexibility index (Phi) is 6.51. The molecule has 2 heterocycles. The van der Waals surface area contributed by atoms with Crippen LogP contribution in [0.4, 0.5) is 5.95 Å². The summed E-state index contributed by atoms with van der Waals surface area (Å²) in [6.07, 6.45) is 2.02. The van der Waals surface area contributed by atoms with E-state index in [0.717, 1.165) is 50.1 Å². The van der Waals surface area contributed by atoms with E-state index < -0.39 is 0 Å². The van der Waals surface area contributed by atoms with Crippen LogP contribution < -0.4 is 33.6 Å². The zero-order chi connectivity index (χ0) is 16.9. The van der Waals surface area contributed by atoms with Gasteiger partial charge in [0.15, 0.2) is 6.54 Å². The first-order valence-electron chi connectivity index (χ1n) is 8.59. The summed E-state index contributed by atoms with van der Waals surface area (Å²) in [5.41, 5.74) is 3.26. The number of hydrogen-bond donors (Lipinski definition) is 0. The molecular formula is C20H21IN4O. The van der Waals surface area contributed by atoms with Gasteiger partial charge in [-0.3, -0.25) is 0 Å². The van der Waals surface area contributed by atoms with Crippen molar-refractivity contribution in [2.45, 2.75) is 6.54 Å². The molecule has 134 valence electrons. The Bertz CT molecular complexity index is 824. The number of ether oxygens (including phenoxy) is 1. The lowest BCUT2D eigenvalue weighted by Crippen LogP contribution is -3.00. The van der Waals surface area contributed by atoms with Crippen LogP contribution in [0.2, 0.25) is 0 Å². The Morgan fingerprint density at radius 1 is 0.923 bits per heavy atom. The van der Waals surface area contributed by atoms with Gasteiger partial charge in [-0.25, -0.2) is 4.98 Å². The van der Waals surface area contributed by atoms with Gasteiger partial charge in [0.25, 0.3) is 5.95 Å². The number of anilines is 1. The van der Waals surface area contributed by atoms with Crippen molar-refractivity contribution < 1.29 is 33.4 Å². The molecule has 0 aliphatic carbocycles. The number of halogens is 1. The molecule has 0 atom stereocenters. The third-order valence-corrected chi connectivity index (χ3v) is 4.26. The maximum Gasteiger partial charge on any atom is 0.291 e. The molecule has 3 aromatic rings. The monoisotopic (exact) mass is 460 g/mol. The van der Waals surface area contributed by atoms with Crippen molar-refractivity contribution in [2.75, 3.05) is 31.2 Å². The average Bonchev–Trinajstić information content (AvgIpc) is 2.70. The highest BCUT2D eigenvalue weighted by Crippen LogP contribution is 2.17. The Balaban J connectivity index is 0.00000196. The summed E-state index contributed by atoms with van der Waals surface area (Å²) in [4.78, 5) is 7.00. The Labute approximate surface area is 170 Å². The Morgan fingerprint density at radius 3 is 2.27 bits per heavy atom. The minimum Gasteiger partial charge on any atom is -1.00 e. The molecule has 0 radical (unpaired) electrons. The average molecular weight is 460 g/mol. The number of aromatic nitrogens is 3. The summed E-state index contributed by atoms with van der Waals surface area (Å²) in [6.45, 7) is 3.81. The maximum atomic E-state index is 5.46. The molecule has 0 amide bonds. The van der Waals surface area contributed by atoms with Gasteiger partial charge >= 0.3 is 0 Å². The summed E-state index contributed by atoms with van der Waals surface area (Å²) < 4.78 is 7.44. The largest absolute Gasteiger partial charge is 1.00 e. The normalized spacial score (nSPS) is 13.9. The fourth-order valence-corrected chi connectivity index (χ4v) is 2.94. The molecule has 0 unspecified atom stereocenters. The van der Waals surface area contributed by atoms with E-state index in [1.165, 1.54) is 5.56 Å². The molecule has 4 rings (SSSR count). The van der Waals surface area contributed by atoms with Crippen LogP contribution in [-0.4, -0.2) is 36.4 Å². The minimum absolute atomic E-state index is 0. The molecule has 1 aromatic heterocycles. The highest BCUT2D eigenvalue weighted by Gasteiger charge is 2.20. The van der Waals surface area contributed by atoms with Gasteiger partial charge in [-0.1, -0.05) is 65.3 Å². The topological polar surface area (TPSA) is 42.1 Å². The van der Waals surface area contributed by atoms with Gasteiger partial charge in [0.05, 0.1) is 13.2 Å². The SMILES string of the molecule is [I-].c1ccc(C[n+]2cc(-c3ccccc3)nc(N3CCOCC3)n2)cc1. The number of benzene rings is 2. The summed E-state index contributed by atoms with van der Waals surface area (Å²) in [6, 6.07) is 20.6. The van der Waals surface area contributed by atoms with Crippen molar-refractivity contribution in [1.29, 1.82) is 0 Å². The van der Waals surface area contributed by atoms with Gasteiger partial charge in [0.2, 0.25) is 6.20 Å². The molecule has 1 aliphatic rings. The van der Waals surface area contributed by atoms with Crippen molar-refractivity contribution in [3.05, 3.63) is 72.4 Å². The van der Waals surface area contributed by atoms with Gasteiger partial charge in [0, 0.05) is 29.3 Å². The molecule has 1 saturated heterocycles. The lowest BCUT2D eigenvalue weighted by molar-refractivity contribution is -0.745. The lowest BCUT2D eigenvalue weighted by atomic mass is 10.2. The predicted molar refractivity (Wildman–Crippen MR) is 96.2 cm³/mol. The predicted octanol–water partition coefficient (Wildman–Crippen LogP) is -0.680. The van der Waals surface area contributed by atoms with E-state index in [1.807, 2.05) is 35.1 Å². The Morgan fingerprint density at radius 2 is 1.58 bits per heavy atom. The van der Waals surface area contributed by atoms with Gasteiger partial charge < -0.3 is 33.6 Å². The third kappa shape index (κ3) is 4.56. The van der Waals surface area contributed by atoms with Gasteiger partial charge in [0.1, 0.15) is 5.69 Å². The van der Waals surface area contributed by atoms with Crippen molar-refractivity contribution >= 4 is 5.95 Å². The number of nitrogens with zero attached hydrogens (tertiary/aromatic N) is 4. The highest BCUT2D eigenvalue weighted by atomic mass is 127. The summed E-state index contributed by atoms with van der Waals surface area (Å²) >= 11 is 0. The van der Waals surface area contributed by atoms with E-state index in [2.05, 4.69) is 41.3 Å². The maximum absolute atomic E-state index is 5.46. The fourth-order valence-electron chi connectivity index (χ4n) is 2.94. The second-order valence-corrected chi connectivity index (χ2v) is 6.07. The van der Waals surface area contributed by atoms with Crippen LogP contribution in [0.1, 0.15) is 5.56 Å². The standard InChI is InChI=1S/C20H21N4O.HI/c1-3-7-17(8-4-1)15-24-16-19(18-9-5-2-6-10-18)21-20(22-24)23-11-13-25-14-12-23;/h1-10,16H,11-15H2;1H/q+1;/p-1. The summed E-state index contributed by atoms with van der Waals surface area (Å²) in [7, 11) is 0. The van der Waals surface area contributed by atoms with Gasteiger partial charge in [-0.2, -0.15) is 0 Å². The molecular weight excluding hydrogens is 439 g/mol. The van der Waals surface area contributed by atoms with E-state index in [4.69, 9.17) is 14.8 Å². The number of hydrogen-bond acceptors (Lipinski definition) is 4. The Hall–Kier alpha value is -2.06. The van der Waals surface area contributed by atoms with Crippen LogP contribution in [0.25, 0.3) is 11.3 Å². The van der Waals surface area contributed by atoms with Crippen LogP contribution in [0.5, 0.6) is 0 Å². The second kappa shape index (κ2) is 9.05. The quantitative estimate of drug-likeness (QED) is 0.383. The van der Waals surface area contributed by atoms with Gasteiger partial charge in [-0.05, 0) is 0 Å². The number of rotatable bonds is 4. The smallest absolute Gasteiger partial charge is 0.291 e. The van der Waals surface area contributed by atoms with Crippen molar-refractivity contribution in [2.24, 2.45) is 0 Å². The molecule has 0 N–H and O–H groups in total. The van der Waals surface area contributed by atoms with Crippen LogP contribution in [0, 0.1) is 0 Å². The fraction of sp³-hybridized carbons (Fsp3) is 0.250. The van der Waals surface area contributed by atoms with Crippen molar-refractivity contribution in [3.8, 4) is 11.3 Å². The van der Waals surface area contributed by atoms with Crippen molar-refractivity contribution in [1.82, 2.24) is 10.1 Å². The molecule has 0 saturated carbocycles. The van der Waals surface area contributed by atoms with Crippen molar-refractivity contribution in [3.63, 3.8) is 0 Å². The highest BCUT2D eigenvalue weighted by molar-refractivity contribution is 5.58. The molecule has 2 aromatic carbocycles. The zero-order valence-corrected chi connectivity index (χ0v) is 16.6. The molecule has 1 aliphatic heterocycles. The first-order chi connectivity index (χ1) is 12.4. The zero-order valence-electron chi connectivity index (χ0n) is 14.5. The van der Waals surface area contributed by atoms with E-state index >= 15 is 0 Å². The summed E-state index contributed by atoms with van der Waals surface area (Å²) in [5, 5.41) is 4.75. The van der Waals surface area contributed by atoms with E-state index in [0.29, 0.717) is 0 Å².